The first-order valence-corrected chi connectivity index (χ1v) is 6.47. The molecule has 0 spiro atoms. The minimum atomic E-state index is 0.256. The lowest BCUT2D eigenvalue weighted by atomic mass is 9.88. The fraction of sp³-hybridized carbons (Fsp3) is 1.00. The third-order valence-electron chi connectivity index (χ3n) is 3.13. The number of hydrogen-bond donors (Lipinski definition) is 1. The summed E-state index contributed by atoms with van der Waals surface area (Å²) in [4.78, 5) is 0. The topological polar surface area (TPSA) is 12.0 Å². The summed E-state index contributed by atoms with van der Waals surface area (Å²) in [6.45, 7) is 17.2. The van der Waals surface area contributed by atoms with Crippen molar-refractivity contribution in [3.05, 3.63) is 0 Å². The average molecular weight is 213 g/mol. The van der Waals surface area contributed by atoms with Gasteiger partial charge in [0.25, 0.3) is 0 Å². The van der Waals surface area contributed by atoms with Gasteiger partial charge in [-0.3, -0.25) is 0 Å². The van der Waals surface area contributed by atoms with E-state index in [1.165, 1.54) is 12.8 Å². The molecule has 15 heavy (non-hydrogen) atoms. The van der Waals surface area contributed by atoms with Crippen LogP contribution in [0.25, 0.3) is 0 Å². The second kappa shape index (κ2) is 6.52. The normalized spacial score (nSPS) is 16.8. The summed E-state index contributed by atoms with van der Waals surface area (Å²) < 4.78 is 0. The van der Waals surface area contributed by atoms with Gasteiger partial charge in [-0.05, 0) is 45.1 Å². The molecule has 0 saturated carbocycles. The van der Waals surface area contributed by atoms with Crippen LogP contribution in [0.5, 0.6) is 0 Å². The van der Waals surface area contributed by atoms with Gasteiger partial charge in [-0.1, -0.05) is 40.5 Å². The van der Waals surface area contributed by atoms with Crippen LogP contribution in [0.4, 0.5) is 0 Å². The summed E-state index contributed by atoms with van der Waals surface area (Å²) in [7, 11) is 0. The van der Waals surface area contributed by atoms with Crippen molar-refractivity contribution in [1.82, 2.24) is 5.32 Å². The Morgan fingerprint density at radius 1 is 0.867 bits per heavy atom. The van der Waals surface area contributed by atoms with Crippen LogP contribution in [0, 0.1) is 17.8 Å². The Labute approximate surface area is 97.0 Å². The van der Waals surface area contributed by atoms with Crippen LogP contribution >= 0.6 is 0 Å². The Hall–Kier alpha value is -0.0400. The third-order valence-corrected chi connectivity index (χ3v) is 3.13. The van der Waals surface area contributed by atoms with E-state index in [2.05, 4.69) is 53.8 Å². The van der Waals surface area contributed by atoms with E-state index < -0.39 is 0 Å². The number of nitrogens with one attached hydrogen (secondary N) is 1. The Balaban J connectivity index is 3.74. The molecule has 0 fully saturated rings. The predicted octanol–water partition coefficient (Wildman–Crippen LogP) is 4.08. The van der Waals surface area contributed by atoms with E-state index in [4.69, 9.17) is 0 Å². The van der Waals surface area contributed by atoms with Gasteiger partial charge in [-0.15, -0.1) is 0 Å². The highest BCUT2D eigenvalue weighted by molar-refractivity contribution is 4.74. The molecule has 0 aromatic heterocycles. The van der Waals surface area contributed by atoms with Crippen molar-refractivity contribution < 1.29 is 0 Å². The molecular formula is C14H31N. The van der Waals surface area contributed by atoms with E-state index in [-0.39, 0.29) is 5.54 Å². The quantitative estimate of drug-likeness (QED) is 0.701. The summed E-state index contributed by atoms with van der Waals surface area (Å²) in [6, 6.07) is 0. The van der Waals surface area contributed by atoms with Gasteiger partial charge in [0, 0.05) is 5.54 Å². The maximum Gasteiger partial charge on any atom is 0.00966 e. The van der Waals surface area contributed by atoms with Gasteiger partial charge in [0.2, 0.25) is 0 Å². The molecule has 1 heteroatoms. The van der Waals surface area contributed by atoms with Gasteiger partial charge in [-0.2, -0.15) is 0 Å². The molecule has 2 unspecified atom stereocenters. The van der Waals surface area contributed by atoms with Crippen LogP contribution in [0.2, 0.25) is 0 Å². The Bertz CT molecular complexity index is 155. The van der Waals surface area contributed by atoms with Gasteiger partial charge in [0.15, 0.2) is 0 Å². The van der Waals surface area contributed by atoms with Gasteiger partial charge >= 0.3 is 0 Å². The molecule has 0 bridgehead atoms. The summed E-state index contributed by atoms with van der Waals surface area (Å²) in [5.74, 6) is 2.46. The number of hydrogen-bond acceptors (Lipinski definition) is 1. The van der Waals surface area contributed by atoms with Crippen molar-refractivity contribution in [2.75, 3.05) is 6.54 Å². The van der Waals surface area contributed by atoms with Crippen molar-refractivity contribution in [2.45, 2.75) is 66.8 Å². The number of rotatable bonds is 6. The maximum absolute atomic E-state index is 3.59. The first-order chi connectivity index (χ1) is 6.72. The molecular weight excluding hydrogens is 182 g/mol. The van der Waals surface area contributed by atoms with E-state index in [0.717, 1.165) is 24.3 Å². The molecule has 1 nitrogen and oxygen atoms in total. The Morgan fingerprint density at radius 2 is 1.40 bits per heavy atom. The van der Waals surface area contributed by atoms with Crippen LogP contribution < -0.4 is 5.32 Å². The summed E-state index contributed by atoms with van der Waals surface area (Å²) in [5, 5.41) is 3.59. The molecule has 0 aromatic carbocycles. The van der Waals surface area contributed by atoms with Crippen LogP contribution in [0.15, 0.2) is 0 Å². The third kappa shape index (κ3) is 8.92. The van der Waals surface area contributed by atoms with Crippen molar-refractivity contribution in [3.63, 3.8) is 0 Å². The fourth-order valence-electron chi connectivity index (χ4n) is 1.55. The molecule has 1 N–H and O–H groups in total. The smallest absolute Gasteiger partial charge is 0.00966 e. The van der Waals surface area contributed by atoms with Gasteiger partial charge in [-0.25, -0.2) is 0 Å². The highest BCUT2D eigenvalue weighted by Crippen LogP contribution is 2.19. The first-order valence-electron chi connectivity index (χ1n) is 6.47. The molecule has 0 heterocycles. The van der Waals surface area contributed by atoms with Crippen LogP contribution in [0.1, 0.15) is 61.3 Å². The van der Waals surface area contributed by atoms with Crippen molar-refractivity contribution in [1.29, 1.82) is 0 Å². The highest BCUT2D eigenvalue weighted by atomic mass is 14.9. The fourth-order valence-corrected chi connectivity index (χ4v) is 1.55. The van der Waals surface area contributed by atoms with Gasteiger partial charge < -0.3 is 5.32 Å². The van der Waals surface area contributed by atoms with Crippen molar-refractivity contribution >= 4 is 0 Å². The molecule has 0 radical (unpaired) electrons. The monoisotopic (exact) mass is 213 g/mol. The highest BCUT2D eigenvalue weighted by Gasteiger charge is 2.15. The molecule has 0 aromatic rings. The zero-order valence-electron chi connectivity index (χ0n) is 11.9. The molecule has 0 amide bonds. The molecule has 92 valence electrons. The maximum atomic E-state index is 3.59. The van der Waals surface area contributed by atoms with E-state index in [1.807, 2.05) is 0 Å². The van der Waals surface area contributed by atoms with E-state index in [0.29, 0.717) is 0 Å². The van der Waals surface area contributed by atoms with E-state index in [1.54, 1.807) is 0 Å². The molecule has 0 aliphatic carbocycles. The van der Waals surface area contributed by atoms with Crippen LogP contribution in [0.3, 0.4) is 0 Å². The molecule has 0 aliphatic rings. The second-order valence-electron chi connectivity index (χ2n) is 6.56. The minimum absolute atomic E-state index is 0.256. The van der Waals surface area contributed by atoms with Crippen molar-refractivity contribution in [3.8, 4) is 0 Å². The molecule has 0 rings (SSSR count). The van der Waals surface area contributed by atoms with Crippen LogP contribution in [-0.4, -0.2) is 12.1 Å². The Morgan fingerprint density at radius 3 is 1.80 bits per heavy atom. The zero-order valence-corrected chi connectivity index (χ0v) is 11.9. The lowest BCUT2D eigenvalue weighted by Crippen LogP contribution is -2.39. The van der Waals surface area contributed by atoms with Gasteiger partial charge in [0.05, 0.1) is 0 Å². The Kier molecular flexibility index (Phi) is 6.51. The molecule has 0 aliphatic heterocycles. The zero-order chi connectivity index (χ0) is 12.1. The van der Waals surface area contributed by atoms with E-state index in [9.17, 15) is 0 Å². The first kappa shape index (κ1) is 15.0. The lowest BCUT2D eigenvalue weighted by molar-refractivity contribution is 0.294. The summed E-state index contributed by atoms with van der Waals surface area (Å²) in [6.07, 6.45) is 2.73. The molecule has 0 saturated heterocycles. The largest absolute Gasteiger partial charge is 0.312 e. The lowest BCUT2D eigenvalue weighted by Gasteiger charge is -2.27. The van der Waals surface area contributed by atoms with Crippen LogP contribution in [-0.2, 0) is 0 Å². The summed E-state index contributed by atoms with van der Waals surface area (Å²) >= 11 is 0. The second-order valence-corrected chi connectivity index (χ2v) is 6.56. The standard InChI is InChI=1S/C14H31N/c1-11(2)8-9-12(3)13(4)10-15-14(5,6)7/h11-13,15H,8-10H2,1-7H3. The summed E-state index contributed by atoms with van der Waals surface area (Å²) in [5.41, 5.74) is 0.256. The molecule has 2 atom stereocenters. The van der Waals surface area contributed by atoms with Gasteiger partial charge in [0.1, 0.15) is 0 Å². The SMILES string of the molecule is CC(C)CCC(C)C(C)CNC(C)(C)C. The minimum Gasteiger partial charge on any atom is -0.312 e. The van der Waals surface area contributed by atoms with Crippen molar-refractivity contribution in [2.24, 2.45) is 17.8 Å². The average Bonchev–Trinajstić information content (AvgIpc) is 2.08. The van der Waals surface area contributed by atoms with E-state index >= 15 is 0 Å². The predicted molar refractivity (Wildman–Crippen MR) is 70.2 cm³/mol.